The number of hydrogen-bond donors (Lipinski definition) is 1. The first-order valence-electron chi connectivity index (χ1n) is 11.0. The van der Waals surface area contributed by atoms with Gasteiger partial charge in [-0.25, -0.2) is 13.1 Å². The molecule has 2 heterocycles. The first-order chi connectivity index (χ1) is 15.3. The quantitative estimate of drug-likeness (QED) is 0.591. The molecule has 1 amide bonds. The summed E-state index contributed by atoms with van der Waals surface area (Å²) in [5.41, 5.74) is 3.53. The fourth-order valence-electron chi connectivity index (χ4n) is 4.09. The molecule has 1 fully saturated rings. The predicted molar refractivity (Wildman–Crippen MR) is 122 cm³/mol. The van der Waals surface area contributed by atoms with Crippen LogP contribution in [-0.4, -0.2) is 46.2 Å². The van der Waals surface area contributed by atoms with Crippen LogP contribution in [0.5, 0.6) is 0 Å². The third-order valence-electron chi connectivity index (χ3n) is 5.94. The first-order valence-corrected chi connectivity index (χ1v) is 12.5. The molecule has 1 saturated heterocycles. The van der Waals surface area contributed by atoms with Crippen molar-refractivity contribution >= 4 is 27.0 Å². The zero-order valence-electron chi connectivity index (χ0n) is 18.7. The van der Waals surface area contributed by atoms with E-state index < -0.39 is 16.1 Å². The normalized spacial score (nSPS) is 17.3. The number of amides is 1. The number of fused-ring (bicyclic) bond motifs is 1. The van der Waals surface area contributed by atoms with Crippen molar-refractivity contribution in [3.8, 4) is 0 Å². The fraction of sp³-hybridized carbons (Fsp3) is 0.435. The van der Waals surface area contributed by atoms with Crippen molar-refractivity contribution in [2.75, 3.05) is 6.54 Å². The molecule has 8 nitrogen and oxygen atoms in total. The summed E-state index contributed by atoms with van der Waals surface area (Å²) in [5.74, 6) is -0.266. The van der Waals surface area contributed by atoms with Crippen molar-refractivity contribution in [1.29, 1.82) is 0 Å². The smallest absolute Gasteiger partial charge is 0.243 e. The Morgan fingerprint density at radius 2 is 1.88 bits per heavy atom. The Hall–Kier alpha value is -2.78. The number of nitrogens with zero attached hydrogens (tertiary/aromatic N) is 4. The van der Waals surface area contributed by atoms with E-state index in [0.29, 0.717) is 31.4 Å². The second-order valence-electron chi connectivity index (χ2n) is 8.44. The lowest BCUT2D eigenvalue weighted by atomic mass is 10.1. The molecular formula is C23H29N5O3S. The molecule has 170 valence electrons. The van der Waals surface area contributed by atoms with E-state index in [0.717, 1.165) is 17.5 Å². The maximum Gasteiger partial charge on any atom is 0.243 e. The molecule has 4 rings (SSSR count). The highest BCUT2D eigenvalue weighted by atomic mass is 32.2. The summed E-state index contributed by atoms with van der Waals surface area (Å²) in [6.07, 6.45) is 2.11. The Balaban J connectivity index is 1.51. The van der Waals surface area contributed by atoms with E-state index >= 15 is 0 Å². The Kier molecular flexibility index (Phi) is 6.30. The van der Waals surface area contributed by atoms with E-state index in [-0.39, 0.29) is 16.8 Å². The van der Waals surface area contributed by atoms with Gasteiger partial charge in [-0.2, -0.15) is 4.31 Å². The van der Waals surface area contributed by atoms with Crippen molar-refractivity contribution in [1.82, 2.24) is 24.6 Å². The van der Waals surface area contributed by atoms with Crippen molar-refractivity contribution in [3.05, 3.63) is 53.6 Å². The van der Waals surface area contributed by atoms with Crippen molar-refractivity contribution in [2.24, 2.45) is 0 Å². The average molecular weight is 456 g/mol. The van der Waals surface area contributed by atoms with Gasteiger partial charge in [0.2, 0.25) is 15.9 Å². The molecule has 0 bridgehead atoms. The average Bonchev–Trinajstić information content (AvgIpc) is 3.45. The molecule has 1 aliphatic rings. The molecular weight excluding hydrogens is 426 g/mol. The number of benzene rings is 2. The molecule has 2 aromatic carbocycles. The summed E-state index contributed by atoms with van der Waals surface area (Å²) in [6, 6.07) is 12.3. The van der Waals surface area contributed by atoms with Crippen LogP contribution in [0, 0.1) is 0 Å². The fourth-order valence-corrected chi connectivity index (χ4v) is 5.77. The minimum Gasteiger partial charge on any atom is -0.351 e. The van der Waals surface area contributed by atoms with E-state index in [1.54, 1.807) is 22.9 Å². The molecule has 0 spiro atoms. The third kappa shape index (κ3) is 4.27. The zero-order valence-corrected chi connectivity index (χ0v) is 19.5. The molecule has 32 heavy (non-hydrogen) atoms. The molecule has 0 aliphatic carbocycles. The summed E-state index contributed by atoms with van der Waals surface area (Å²) < 4.78 is 29.8. The predicted octanol–water partition coefficient (Wildman–Crippen LogP) is 3.04. The van der Waals surface area contributed by atoms with Crippen molar-refractivity contribution in [2.45, 2.75) is 63.6 Å². The highest BCUT2D eigenvalue weighted by Gasteiger charge is 2.39. The molecule has 1 aromatic heterocycles. The zero-order chi connectivity index (χ0) is 22.9. The highest BCUT2D eigenvalue weighted by Crippen LogP contribution is 2.28. The molecule has 0 unspecified atom stereocenters. The van der Waals surface area contributed by atoms with Gasteiger partial charge in [0.25, 0.3) is 0 Å². The SMILES string of the molecule is CCc1ccc(CNC(=O)[C@H]2CCCN2S(=O)(=O)c2ccc3c(c2)nnn3C(C)C)cc1. The van der Waals surface area contributed by atoms with Crippen molar-refractivity contribution < 1.29 is 13.2 Å². The number of carbonyl (C=O) groups is 1. The van der Waals surface area contributed by atoms with Gasteiger partial charge < -0.3 is 5.32 Å². The van der Waals surface area contributed by atoms with E-state index in [4.69, 9.17) is 0 Å². The molecule has 0 radical (unpaired) electrons. The van der Waals surface area contributed by atoms with Gasteiger partial charge in [0.05, 0.1) is 10.4 Å². The van der Waals surface area contributed by atoms with Crippen LogP contribution in [0.25, 0.3) is 11.0 Å². The maximum absolute atomic E-state index is 13.4. The lowest BCUT2D eigenvalue weighted by molar-refractivity contribution is -0.124. The second kappa shape index (κ2) is 8.99. The molecule has 1 atom stereocenters. The highest BCUT2D eigenvalue weighted by molar-refractivity contribution is 7.89. The number of sulfonamides is 1. The number of aryl methyl sites for hydroxylation is 1. The molecule has 1 aliphatic heterocycles. The van der Waals surface area contributed by atoms with Gasteiger partial charge in [0.1, 0.15) is 11.6 Å². The van der Waals surface area contributed by atoms with Crippen LogP contribution in [0.2, 0.25) is 0 Å². The van der Waals surface area contributed by atoms with Gasteiger partial charge in [-0.15, -0.1) is 5.10 Å². The van der Waals surface area contributed by atoms with Crippen LogP contribution in [-0.2, 0) is 27.8 Å². The van der Waals surface area contributed by atoms with Crippen LogP contribution in [0.15, 0.2) is 47.4 Å². The first kappa shape index (κ1) is 22.4. The van der Waals surface area contributed by atoms with Gasteiger partial charge in [0, 0.05) is 19.1 Å². The Labute approximate surface area is 188 Å². The molecule has 3 aromatic rings. The van der Waals surface area contributed by atoms with Gasteiger partial charge in [-0.05, 0) is 62.4 Å². The number of carbonyl (C=O) groups excluding carboxylic acids is 1. The minimum absolute atomic E-state index is 0.118. The number of rotatable bonds is 7. The molecule has 9 heteroatoms. The summed E-state index contributed by atoms with van der Waals surface area (Å²) in [6.45, 7) is 6.77. The van der Waals surface area contributed by atoms with Crippen LogP contribution in [0.3, 0.4) is 0 Å². The third-order valence-corrected chi connectivity index (χ3v) is 7.85. The maximum atomic E-state index is 13.4. The number of aromatic nitrogens is 3. The summed E-state index contributed by atoms with van der Waals surface area (Å²) in [4.78, 5) is 13.0. The summed E-state index contributed by atoms with van der Waals surface area (Å²) in [7, 11) is -3.83. The minimum atomic E-state index is -3.83. The summed E-state index contributed by atoms with van der Waals surface area (Å²) in [5, 5.41) is 11.1. The van der Waals surface area contributed by atoms with Gasteiger partial charge in [-0.1, -0.05) is 36.4 Å². The lowest BCUT2D eigenvalue weighted by Crippen LogP contribution is -2.45. The topological polar surface area (TPSA) is 97.2 Å². The number of hydrogen-bond acceptors (Lipinski definition) is 5. The van der Waals surface area contributed by atoms with Crippen LogP contribution in [0.4, 0.5) is 0 Å². The Bertz CT molecular complexity index is 1220. The van der Waals surface area contributed by atoms with Crippen molar-refractivity contribution in [3.63, 3.8) is 0 Å². The van der Waals surface area contributed by atoms with Gasteiger partial charge >= 0.3 is 0 Å². The lowest BCUT2D eigenvalue weighted by Gasteiger charge is -2.23. The van der Waals surface area contributed by atoms with Gasteiger partial charge in [0.15, 0.2) is 0 Å². The van der Waals surface area contributed by atoms with E-state index in [2.05, 4.69) is 22.6 Å². The Morgan fingerprint density at radius 1 is 1.16 bits per heavy atom. The number of nitrogens with one attached hydrogen (secondary N) is 1. The monoisotopic (exact) mass is 455 g/mol. The summed E-state index contributed by atoms with van der Waals surface area (Å²) >= 11 is 0. The van der Waals surface area contributed by atoms with Crippen LogP contribution in [0.1, 0.15) is 50.8 Å². The van der Waals surface area contributed by atoms with Gasteiger partial charge in [-0.3, -0.25) is 4.79 Å². The van der Waals surface area contributed by atoms with E-state index in [9.17, 15) is 13.2 Å². The second-order valence-corrected chi connectivity index (χ2v) is 10.3. The standard InChI is InChI=1S/C23H29N5O3S/c1-4-17-7-9-18(10-8-17)15-24-23(29)22-6-5-13-27(22)32(30,31)19-11-12-21-20(14-19)25-26-28(21)16(2)3/h7-12,14,16,22H,4-6,13,15H2,1-3H3,(H,24,29)/t22-/m1/s1. The Morgan fingerprint density at radius 3 is 2.56 bits per heavy atom. The van der Waals surface area contributed by atoms with Crippen LogP contribution < -0.4 is 5.32 Å². The molecule has 1 N–H and O–H groups in total. The molecule has 0 saturated carbocycles. The van der Waals surface area contributed by atoms with E-state index in [1.165, 1.54) is 9.87 Å². The van der Waals surface area contributed by atoms with E-state index in [1.807, 2.05) is 38.1 Å². The van der Waals surface area contributed by atoms with Crippen LogP contribution >= 0.6 is 0 Å². The largest absolute Gasteiger partial charge is 0.351 e.